The van der Waals surface area contributed by atoms with E-state index in [4.69, 9.17) is 5.11 Å². The number of para-hydroxylation sites is 1. The van der Waals surface area contributed by atoms with Gasteiger partial charge < -0.3 is 15.3 Å². The van der Waals surface area contributed by atoms with Crippen molar-refractivity contribution in [3.63, 3.8) is 0 Å². The van der Waals surface area contributed by atoms with Crippen LogP contribution in [0.4, 0.5) is 5.69 Å². The molecule has 0 spiro atoms. The predicted octanol–water partition coefficient (Wildman–Crippen LogP) is 2.68. The van der Waals surface area contributed by atoms with E-state index in [1.165, 1.54) is 5.56 Å². The molecule has 0 aromatic heterocycles. The van der Waals surface area contributed by atoms with Gasteiger partial charge in [-0.25, -0.2) is 4.79 Å². The number of carboxylic acids is 1. The molecular formula is C21H22N2O4. The maximum atomic E-state index is 13.1. The molecule has 1 aliphatic heterocycles. The van der Waals surface area contributed by atoms with Gasteiger partial charge in [0.15, 0.2) is 0 Å². The lowest BCUT2D eigenvalue weighted by Crippen LogP contribution is -2.32. The number of carbonyl (C=O) groups is 3. The molecule has 0 saturated carbocycles. The van der Waals surface area contributed by atoms with Crippen LogP contribution in [-0.4, -0.2) is 29.4 Å². The zero-order valence-electron chi connectivity index (χ0n) is 15.2. The molecule has 1 aliphatic rings. The van der Waals surface area contributed by atoms with Crippen molar-refractivity contribution in [1.82, 2.24) is 5.32 Å². The maximum Gasteiger partial charge on any atom is 0.394 e. The second-order valence-corrected chi connectivity index (χ2v) is 6.67. The highest BCUT2D eigenvalue weighted by atomic mass is 16.4. The minimum Gasteiger partial charge on any atom is -0.474 e. The van der Waals surface area contributed by atoms with Crippen molar-refractivity contribution in [1.29, 1.82) is 0 Å². The van der Waals surface area contributed by atoms with Crippen LogP contribution in [0.3, 0.4) is 0 Å². The molecule has 2 aromatic carbocycles. The van der Waals surface area contributed by atoms with E-state index in [-0.39, 0.29) is 12.5 Å². The highest BCUT2D eigenvalue weighted by Gasteiger charge is 2.22. The summed E-state index contributed by atoms with van der Waals surface area (Å²) < 4.78 is 0. The van der Waals surface area contributed by atoms with E-state index in [1.807, 2.05) is 30.0 Å². The molecule has 0 unspecified atom stereocenters. The maximum absolute atomic E-state index is 13.1. The molecule has 0 fully saturated rings. The molecule has 6 heteroatoms. The van der Waals surface area contributed by atoms with Gasteiger partial charge in [0.05, 0.1) is 0 Å². The number of benzene rings is 2. The van der Waals surface area contributed by atoms with Gasteiger partial charge in [-0.1, -0.05) is 24.3 Å². The van der Waals surface area contributed by atoms with Gasteiger partial charge in [-0.15, -0.1) is 0 Å². The van der Waals surface area contributed by atoms with Crippen LogP contribution in [0.5, 0.6) is 0 Å². The average molecular weight is 366 g/mol. The summed E-state index contributed by atoms with van der Waals surface area (Å²) in [5.74, 6) is -2.61. The topological polar surface area (TPSA) is 86.7 Å². The zero-order chi connectivity index (χ0) is 19.4. The summed E-state index contributed by atoms with van der Waals surface area (Å²) in [6.45, 7) is 2.64. The van der Waals surface area contributed by atoms with Gasteiger partial charge in [-0.05, 0) is 61.1 Å². The summed E-state index contributed by atoms with van der Waals surface area (Å²) in [6.07, 6.45) is 2.99. The summed E-state index contributed by atoms with van der Waals surface area (Å²) in [6, 6.07) is 13.3. The molecule has 0 bridgehead atoms. The van der Waals surface area contributed by atoms with E-state index in [2.05, 4.69) is 11.4 Å². The first-order chi connectivity index (χ1) is 13.0. The SMILES string of the molecule is Cc1cc(C(=O)N2CCCCc3ccccc32)ccc1CNC(=O)C(=O)O. The first-order valence-corrected chi connectivity index (χ1v) is 8.98. The van der Waals surface area contributed by atoms with Crippen molar-refractivity contribution in [3.05, 3.63) is 64.7 Å². The van der Waals surface area contributed by atoms with Crippen molar-refractivity contribution in [2.75, 3.05) is 11.4 Å². The lowest BCUT2D eigenvalue weighted by atomic mass is 10.0. The van der Waals surface area contributed by atoms with Crippen LogP contribution in [0.2, 0.25) is 0 Å². The normalized spacial score (nSPS) is 13.4. The minimum absolute atomic E-state index is 0.0476. The van der Waals surface area contributed by atoms with Crippen LogP contribution >= 0.6 is 0 Å². The molecule has 3 rings (SSSR count). The highest BCUT2D eigenvalue weighted by Crippen LogP contribution is 2.27. The standard InChI is InChI=1S/C21H22N2O4/c1-14-12-16(9-10-17(14)13-22-19(24)21(26)27)20(25)23-11-5-4-7-15-6-2-3-8-18(15)23/h2-3,6,8-10,12H,4-5,7,11,13H2,1H3,(H,22,24)(H,26,27). The van der Waals surface area contributed by atoms with E-state index in [1.54, 1.807) is 18.2 Å². The van der Waals surface area contributed by atoms with Crippen molar-refractivity contribution in [3.8, 4) is 0 Å². The second-order valence-electron chi connectivity index (χ2n) is 6.67. The third-order valence-corrected chi connectivity index (χ3v) is 4.83. The summed E-state index contributed by atoms with van der Waals surface area (Å²) in [5.41, 5.74) is 4.34. The van der Waals surface area contributed by atoms with Crippen LogP contribution in [0.15, 0.2) is 42.5 Å². The summed E-state index contributed by atoms with van der Waals surface area (Å²) in [4.78, 5) is 36.7. The Balaban J connectivity index is 1.80. The molecular weight excluding hydrogens is 344 g/mol. The van der Waals surface area contributed by atoms with Gasteiger partial charge in [0.1, 0.15) is 0 Å². The van der Waals surface area contributed by atoms with Gasteiger partial charge in [0.2, 0.25) is 0 Å². The molecule has 1 heterocycles. The molecule has 140 valence electrons. The summed E-state index contributed by atoms with van der Waals surface area (Å²) in [7, 11) is 0. The Morgan fingerprint density at radius 1 is 1.11 bits per heavy atom. The van der Waals surface area contributed by atoms with Gasteiger partial charge in [-0.2, -0.15) is 0 Å². The fourth-order valence-corrected chi connectivity index (χ4v) is 3.34. The Kier molecular flexibility index (Phi) is 5.54. The summed E-state index contributed by atoms with van der Waals surface area (Å²) in [5, 5.41) is 11.0. The Labute approximate surface area is 157 Å². The number of aliphatic carboxylic acids is 1. The van der Waals surface area contributed by atoms with E-state index in [0.717, 1.165) is 36.1 Å². The monoisotopic (exact) mass is 366 g/mol. The molecule has 6 nitrogen and oxygen atoms in total. The van der Waals surface area contributed by atoms with Crippen LogP contribution < -0.4 is 10.2 Å². The number of nitrogens with one attached hydrogen (secondary N) is 1. The predicted molar refractivity (Wildman–Crippen MR) is 102 cm³/mol. The first kappa shape index (κ1) is 18.6. The zero-order valence-corrected chi connectivity index (χ0v) is 15.2. The van der Waals surface area contributed by atoms with Gasteiger partial charge in [0, 0.05) is 24.3 Å². The number of amides is 2. The number of aryl methyl sites for hydroxylation is 2. The smallest absolute Gasteiger partial charge is 0.394 e. The van der Waals surface area contributed by atoms with Gasteiger partial charge in [0.25, 0.3) is 5.91 Å². The quantitative estimate of drug-likeness (QED) is 0.818. The number of anilines is 1. The number of rotatable bonds is 3. The molecule has 2 aromatic rings. The van der Waals surface area contributed by atoms with E-state index >= 15 is 0 Å². The molecule has 27 heavy (non-hydrogen) atoms. The molecule has 0 radical (unpaired) electrons. The van der Waals surface area contributed by atoms with E-state index in [0.29, 0.717) is 12.1 Å². The van der Waals surface area contributed by atoms with Crippen molar-refractivity contribution < 1.29 is 19.5 Å². The number of carboxylic acid groups (broad SMARTS) is 1. The fourth-order valence-electron chi connectivity index (χ4n) is 3.34. The van der Waals surface area contributed by atoms with E-state index in [9.17, 15) is 14.4 Å². The molecule has 0 aliphatic carbocycles. The Morgan fingerprint density at radius 2 is 1.89 bits per heavy atom. The van der Waals surface area contributed by atoms with Crippen LogP contribution in [0.25, 0.3) is 0 Å². The molecule has 2 amide bonds. The molecule has 0 atom stereocenters. The second kappa shape index (κ2) is 8.03. The number of carbonyl (C=O) groups excluding carboxylic acids is 2. The number of hydrogen-bond acceptors (Lipinski definition) is 3. The number of hydrogen-bond donors (Lipinski definition) is 2. The minimum atomic E-state index is -1.51. The average Bonchev–Trinajstić information content (AvgIpc) is 2.88. The first-order valence-electron chi connectivity index (χ1n) is 8.98. The third kappa shape index (κ3) is 4.16. The fraction of sp³-hybridized carbons (Fsp3) is 0.286. The third-order valence-electron chi connectivity index (χ3n) is 4.83. The highest BCUT2D eigenvalue weighted by molar-refractivity contribution is 6.31. The Hall–Kier alpha value is -3.15. The van der Waals surface area contributed by atoms with Crippen LogP contribution in [0, 0.1) is 6.92 Å². The van der Waals surface area contributed by atoms with E-state index < -0.39 is 11.9 Å². The lowest BCUT2D eigenvalue weighted by Gasteiger charge is -2.23. The van der Waals surface area contributed by atoms with Crippen LogP contribution in [-0.2, 0) is 22.6 Å². The van der Waals surface area contributed by atoms with Gasteiger partial charge >= 0.3 is 11.9 Å². The number of fused-ring (bicyclic) bond motifs is 1. The van der Waals surface area contributed by atoms with Crippen molar-refractivity contribution in [2.45, 2.75) is 32.7 Å². The Bertz CT molecular complexity index is 892. The lowest BCUT2D eigenvalue weighted by molar-refractivity contribution is -0.150. The summed E-state index contributed by atoms with van der Waals surface area (Å²) >= 11 is 0. The largest absolute Gasteiger partial charge is 0.474 e. The molecule has 0 saturated heterocycles. The van der Waals surface area contributed by atoms with Gasteiger partial charge in [-0.3, -0.25) is 9.59 Å². The van der Waals surface area contributed by atoms with Crippen molar-refractivity contribution >= 4 is 23.5 Å². The van der Waals surface area contributed by atoms with Crippen LogP contribution in [0.1, 0.15) is 39.9 Å². The number of nitrogens with zero attached hydrogens (tertiary/aromatic N) is 1. The van der Waals surface area contributed by atoms with Crippen molar-refractivity contribution in [2.24, 2.45) is 0 Å². The molecule has 2 N–H and O–H groups in total. The Morgan fingerprint density at radius 3 is 2.63 bits per heavy atom.